The molecule has 0 saturated carbocycles. The highest BCUT2D eigenvalue weighted by molar-refractivity contribution is 6.32. The number of alkyl carbamates (subject to hydrolysis) is 1. The molecule has 0 aliphatic carbocycles. The number of rotatable bonds is 4. The van der Waals surface area contributed by atoms with Crippen LogP contribution in [0.25, 0.3) is 0 Å². The van der Waals surface area contributed by atoms with E-state index in [-0.39, 0.29) is 0 Å². The number of halogens is 1. The standard InChI is InChI=1S/C13H20ClN3O2/c1-9-5-6-16-11(14)10(9)15-7-8-17-12(18)19-13(2,3)4/h5-6,15H,7-8H2,1-4H3,(H,17,18). The molecule has 0 aromatic carbocycles. The Morgan fingerprint density at radius 3 is 2.68 bits per heavy atom. The molecule has 0 atom stereocenters. The maximum atomic E-state index is 11.4. The number of carbonyl (C=O) groups excluding carboxylic acids is 1. The molecule has 0 aliphatic heterocycles. The summed E-state index contributed by atoms with van der Waals surface area (Å²) in [7, 11) is 0. The average Bonchev–Trinajstić information content (AvgIpc) is 2.25. The molecule has 0 unspecified atom stereocenters. The number of nitrogens with one attached hydrogen (secondary N) is 2. The lowest BCUT2D eigenvalue weighted by atomic mass is 10.2. The number of pyridine rings is 1. The van der Waals surface area contributed by atoms with Crippen molar-refractivity contribution in [2.45, 2.75) is 33.3 Å². The van der Waals surface area contributed by atoms with Gasteiger partial charge < -0.3 is 15.4 Å². The minimum Gasteiger partial charge on any atom is -0.444 e. The number of carbonyl (C=O) groups is 1. The molecule has 1 rings (SSSR count). The molecule has 1 heterocycles. The Hall–Kier alpha value is -1.49. The first-order valence-corrected chi connectivity index (χ1v) is 6.49. The maximum absolute atomic E-state index is 11.4. The molecular formula is C13H20ClN3O2. The van der Waals surface area contributed by atoms with E-state index in [2.05, 4.69) is 15.6 Å². The third-order valence-corrected chi connectivity index (χ3v) is 2.49. The summed E-state index contributed by atoms with van der Waals surface area (Å²) in [6.45, 7) is 8.40. The summed E-state index contributed by atoms with van der Waals surface area (Å²) in [5, 5.41) is 6.22. The third kappa shape index (κ3) is 5.79. The van der Waals surface area contributed by atoms with Gasteiger partial charge in [0.2, 0.25) is 0 Å². The van der Waals surface area contributed by atoms with E-state index in [4.69, 9.17) is 16.3 Å². The fourth-order valence-corrected chi connectivity index (χ4v) is 1.68. The SMILES string of the molecule is Cc1ccnc(Cl)c1NCCNC(=O)OC(C)(C)C. The second-order valence-electron chi connectivity index (χ2n) is 5.15. The third-order valence-electron chi connectivity index (χ3n) is 2.21. The van der Waals surface area contributed by atoms with E-state index in [0.29, 0.717) is 18.2 Å². The molecule has 106 valence electrons. The fourth-order valence-electron chi connectivity index (χ4n) is 1.40. The van der Waals surface area contributed by atoms with Crippen molar-refractivity contribution in [2.75, 3.05) is 18.4 Å². The summed E-state index contributed by atoms with van der Waals surface area (Å²) in [6, 6.07) is 1.87. The van der Waals surface area contributed by atoms with Crippen LogP contribution in [0.1, 0.15) is 26.3 Å². The number of aromatic nitrogens is 1. The van der Waals surface area contributed by atoms with Crippen molar-refractivity contribution in [2.24, 2.45) is 0 Å². The van der Waals surface area contributed by atoms with E-state index in [9.17, 15) is 4.79 Å². The Kier molecular flexibility index (Phi) is 5.42. The number of anilines is 1. The predicted molar refractivity (Wildman–Crippen MR) is 76.7 cm³/mol. The first kappa shape index (κ1) is 15.6. The first-order chi connectivity index (χ1) is 8.79. The molecule has 0 radical (unpaired) electrons. The van der Waals surface area contributed by atoms with Crippen molar-refractivity contribution in [3.63, 3.8) is 0 Å². The van der Waals surface area contributed by atoms with Gasteiger partial charge in [0.25, 0.3) is 0 Å². The van der Waals surface area contributed by atoms with Crippen LogP contribution >= 0.6 is 11.6 Å². The number of aryl methyl sites for hydroxylation is 1. The molecule has 1 amide bonds. The number of amides is 1. The van der Waals surface area contributed by atoms with E-state index >= 15 is 0 Å². The van der Waals surface area contributed by atoms with Crippen molar-refractivity contribution in [1.29, 1.82) is 0 Å². The molecular weight excluding hydrogens is 266 g/mol. The van der Waals surface area contributed by atoms with Gasteiger partial charge in [-0.3, -0.25) is 0 Å². The van der Waals surface area contributed by atoms with Gasteiger partial charge in [0.1, 0.15) is 5.60 Å². The van der Waals surface area contributed by atoms with Crippen LogP contribution in [0.3, 0.4) is 0 Å². The quantitative estimate of drug-likeness (QED) is 0.659. The summed E-state index contributed by atoms with van der Waals surface area (Å²) >= 11 is 5.97. The van der Waals surface area contributed by atoms with Crippen LogP contribution in [0.15, 0.2) is 12.3 Å². The number of hydrogen-bond donors (Lipinski definition) is 2. The predicted octanol–water partition coefficient (Wildman–Crippen LogP) is 2.98. The zero-order chi connectivity index (χ0) is 14.5. The van der Waals surface area contributed by atoms with Crippen LogP contribution < -0.4 is 10.6 Å². The van der Waals surface area contributed by atoms with Gasteiger partial charge in [-0.25, -0.2) is 9.78 Å². The summed E-state index contributed by atoms with van der Waals surface area (Å²) in [5.41, 5.74) is 1.31. The van der Waals surface area contributed by atoms with Gasteiger partial charge in [0, 0.05) is 19.3 Å². The largest absolute Gasteiger partial charge is 0.444 e. The topological polar surface area (TPSA) is 63.2 Å². The second-order valence-corrected chi connectivity index (χ2v) is 5.51. The zero-order valence-electron chi connectivity index (χ0n) is 11.7. The number of hydrogen-bond acceptors (Lipinski definition) is 4. The molecule has 19 heavy (non-hydrogen) atoms. The van der Waals surface area contributed by atoms with Crippen LogP contribution in [-0.4, -0.2) is 29.8 Å². The Bertz CT molecular complexity index is 424. The van der Waals surface area contributed by atoms with Gasteiger partial charge in [-0.05, 0) is 39.3 Å². The molecule has 0 saturated heterocycles. The van der Waals surface area contributed by atoms with Crippen LogP contribution in [-0.2, 0) is 4.74 Å². The van der Waals surface area contributed by atoms with Gasteiger partial charge in [-0.1, -0.05) is 11.6 Å². The highest BCUT2D eigenvalue weighted by Crippen LogP contribution is 2.22. The Balaban J connectivity index is 2.34. The molecule has 0 spiro atoms. The van der Waals surface area contributed by atoms with E-state index in [1.54, 1.807) is 6.20 Å². The van der Waals surface area contributed by atoms with Crippen LogP contribution in [0.5, 0.6) is 0 Å². The Morgan fingerprint density at radius 1 is 1.42 bits per heavy atom. The number of ether oxygens (including phenoxy) is 1. The monoisotopic (exact) mass is 285 g/mol. The van der Waals surface area contributed by atoms with E-state index < -0.39 is 11.7 Å². The van der Waals surface area contributed by atoms with Crippen LogP contribution in [0, 0.1) is 6.92 Å². The van der Waals surface area contributed by atoms with Crippen molar-refractivity contribution in [1.82, 2.24) is 10.3 Å². The first-order valence-electron chi connectivity index (χ1n) is 6.11. The van der Waals surface area contributed by atoms with Crippen molar-refractivity contribution in [3.8, 4) is 0 Å². The lowest BCUT2D eigenvalue weighted by Gasteiger charge is -2.19. The van der Waals surface area contributed by atoms with Crippen LogP contribution in [0.4, 0.5) is 10.5 Å². The summed E-state index contributed by atoms with van der Waals surface area (Å²) in [6.07, 6.45) is 1.23. The van der Waals surface area contributed by atoms with E-state index in [1.807, 2.05) is 33.8 Å². The van der Waals surface area contributed by atoms with Crippen molar-refractivity contribution < 1.29 is 9.53 Å². The Morgan fingerprint density at radius 2 is 2.11 bits per heavy atom. The summed E-state index contributed by atoms with van der Waals surface area (Å²) < 4.78 is 5.12. The second kappa shape index (κ2) is 6.61. The highest BCUT2D eigenvalue weighted by Gasteiger charge is 2.15. The average molecular weight is 286 g/mol. The van der Waals surface area contributed by atoms with Gasteiger partial charge in [0.05, 0.1) is 5.69 Å². The molecule has 1 aromatic heterocycles. The molecule has 6 heteroatoms. The van der Waals surface area contributed by atoms with Crippen LogP contribution in [0.2, 0.25) is 5.15 Å². The summed E-state index contributed by atoms with van der Waals surface area (Å²) in [5.74, 6) is 0. The minimum absolute atomic E-state index is 0.427. The Labute approximate surface area is 118 Å². The highest BCUT2D eigenvalue weighted by atomic mass is 35.5. The van der Waals surface area contributed by atoms with Gasteiger partial charge >= 0.3 is 6.09 Å². The molecule has 0 aliphatic rings. The van der Waals surface area contributed by atoms with Gasteiger partial charge in [-0.2, -0.15) is 0 Å². The van der Waals surface area contributed by atoms with Gasteiger partial charge in [-0.15, -0.1) is 0 Å². The van der Waals surface area contributed by atoms with E-state index in [1.165, 1.54) is 0 Å². The molecule has 0 bridgehead atoms. The lowest BCUT2D eigenvalue weighted by molar-refractivity contribution is 0.0530. The van der Waals surface area contributed by atoms with E-state index in [0.717, 1.165) is 11.3 Å². The normalized spacial score (nSPS) is 11.0. The van der Waals surface area contributed by atoms with Crippen molar-refractivity contribution >= 4 is 23.4 Å². The van der Waals surface area contributed by atoms with Crippen molar-refractivity contribution in [3.05, 3.63) is 23.0 Å². The molecule has 0 fully saturated rings. The fraction of sp³-hybridized carbons (Fsp3) is 0.538. The molecule has 2 N–H and O–H groups in total. The zero-order valence-corrected chi connectivity index (χ0v) is 12.5. The lowest BCUT2D eigenvalue weighted by Crippen LogP contribution is -2.35. The smallest absolute Gasteiger partial charge is 0.407 e. The molecule has 5 nitrogen and oxygen atoms in total. The minimum atomic E-state index is -0.485. The maximum Gasteiger partial charge on any atom is 0.407 e. The number of nitrogens with zero attached hydrogens (tertiary/aromatic N) is 1. The molecule has 1 aromatic rings. The van der Waals surface area contributed by atoms with Gasteiger partial charge in [0.15, 0.2) is 5.15 Å². The summed E-state index contributed by atoms with van der Waals surface area (Å²) in [4.78, 5) is 15.4.